The van der Waals surface area contributed by atoms with E-state index in [9.17, 15) is 24.0 Å². The van der Waals surface area contributed by atoms with Crippen LogP contribution in [0.3, 0.4) is 0 Å². The Bertz CT molecular complexity index is 1650. The van der Waals surface area contributed by atoms with Crippen LogP contribution in [0.25, 0.3) is 11.0 Å². The number of rotatable bonds is 5. The van der Waals surface area contributed by atoms with Crippen LogP contribution >= 0.6 is 0 Å². The van der Waals surface area contributed by atoms with Crippen LogP contribution in [0.5, 0.6) is 0 Å². The molecule has 1 aromatic heterocycles. The molecule has 1 saturated heterocycles. The standard InChI is InChI=1S/C36H47N7O6/c1-23(2)19-31-40-27-13-12-26-21-29(27)43(31)16-8-14-37-33(45)24(3)39-35(47)28(20-25-9-5-4-6-10-25)41-32(44)22-42(17-15-38-34(26)46)36(48)30-11-7-18-49-30/h4-6,9-10,12-13,21,23-24,28,30H,7-8,11,14-20,22H2,1-3H3,(H,37,45)(H,38,46)(H,39,47)(H,41,44)/t24-,28+,30-/m1/s1. The van der Waals surface area contributed by atoms with E-state index in [-0.39, 0.29) is 43.8 Å². The Morgan fingerprint density at radius 1 is 0.959 bits per heavy atom. The van der Waals surface area contributed by atoms with Crippen LogP contribution in [-0.4, -0.2) is 95.0 Å². The van der Waals surface area contributed by atoms with Gasteiger partial charge in [-0.15, -0.1) is 0 Å². The monoisotopic (exact) mass is 673 g/mol. The fraction of sp³-hybridized carbons (Fsp3) is 0.500. The van der Waals surface area contributed by atoms with E-state index in [4.69, 9.17) is 9.72 Å². The third-order valence-electron chi connectivity index (χ3n) is 8.74. The van der Waals surface area contributed by atoms with E-state index < -0.39 is 30.0 Å². The molecule has 0 spiro atoms. The summed E-state index contributed by atoms with van der Waals surface area (Å²) in [4.78, 5) is 73.0. The van der Waals surface area contributed by atoms with Crippen LogP contribution in [0, 0.1) is 5.92 Å². The molecule has 3 heterocycles. The van der Waals surface area contributed by atoms with Gasteiger partial charge in [-0.2, -0.15) is 0 Å². The molecule has 262 valence electrons. The van der Waals surface area contributed by atoms with Gasteiger partial charge in [0.05, 0.1) is 17.6 Å². The van der Waals surface area contributed by atoms with E-state index in [2.05, 4.69) is 39.7 Å². The zero-order chi connectivity index (χ0) is 34.9. The minimum Gasteiger partial charge on any atom is -0.368 e. The molecule has 2 aliphatic heterocycles. The number of nitrogens with zero attached hydrogens (tertiary/aromatic N) is 3. The first-order chi connectivity index (χ1) is 23.6. The van der Waals surface area contributed by atoms with Crippen LogP contribution in [-0.2, 0) is 43.3 Å². The molecular weight excluding hydrogens is 626 g/mol. The molecule has 0 saturated carbocycles. The molecule has 49 heavy (non-hydrogen) atoms. The lowest BCUT2D eigenvalue weighted by molar-refractivity contribution is -0.144. The Hall–Kier alpha value is -4.78. The summed E-state index contributed by atoms with van der Waals surface area (Å²) in [6, 6.07) is 12.7. The summed E-state index contributed by atoms with van der Waals surface area (Å²) >= 11 is 0. The third-order valence-corrected chi connectivity index (χ3v) is 8.74. The molecule has 2 bridgehead atoms. The first-order valence-electron chi connectivity index (χ1n) is 17.2. The van der Waals surface area contributed by atoms with Crippen molar-refractivity contribution in [3.8, 4) is 0 Å². The number of ether oxygens (including phenoxy) is 1. The number of hydrogen-bond donors (Lipinski definition) is 4. The highest BCUT2D eigenvalue weighted by atomic mass is 16.5. The van der Waals surface area contributed by atoms with Crippen molar-refractivity contribution in [2.45, 2.75) is 77.6 Å². The van der Waals surface area contributed by atoms with Gasteiger partial charge in [0.1, 0.15) is 24.0 Å². The van der Waals surface area contributed by atoms with Crippen molar-refractivity contribution in [1.82, 2.24) is 35.7 Å². The van der Waals surface area contributed by atoms with Crippen molar-refractivity contribution in [2.75, 3.05) is 32.8 Å². The van der Waals surface area contributed by atoms with Crippen molar-refractivity contribution in [3.63, 3.8) is 0 Å². The SMILES string of the molecule is CC(C)Cc1nc2ccc3cc2n1CCCNC(=O)[C@@H](C)NC(=O)[C@H](Cc1ccccc1)NC(=O)CN(C(=O)[C@H]1CCCO1)CCNC3=O. The smallest absolute Gasteiger partial charge is 0.252 e. The maximum atomic E-state index is 13.5. The van der Waals surface area contributed by atoms with Crippen LogP contribution in [0.1, 0.15) is 61.8 Å². The van der Waals surface area contributed by atoms with E-state index in [0.29, 0.717) is 44.0 Å². The number of fused-ring (bicyclic) bond motifs is 1. The topological polar surface area (TPSA) is 164 Å². The molecule has 3 atom stereocenters. The van der Waals surface area contributed by atoms with E-state index >= 15 is 0 Å². The lowest BCUT2D eigenvalue weighted by Gasteiger charge is -2.27. The molecule has 0 radical (unpaired) electrons. The quantitative estimate of drug-likeness (QED) is 0.321. The summed E-state index contributed by atoms with van der Waals surface area (Å²) in [5.74, 6) is -0.830. The average molecular weight is 674 g/mol. The number of carbonyl (C=O) groups excluding carboxylic acids is 5. The highest BCUT2D eigenvalue weighted by Gasteiger charge is 2.31. The second-order valence-corrected chi connectivity index (χ2v) is 13.2. The number of amides is 5. The number of nitrogens with one attached hydrogen (secondary N) is 4. The van der Waals surface area contributed by atoms with Crippen molar-refractivity contribution in [1.29, 1.82) is 0 Å². The fourth-order valence-corrected chi connectivity index (χ4v) is 6.19. The molecule has 13 heteroatoms. The Kier molecular flexibility index (Phi) is 12.0. The normalized spacial score (nSPS) is 22.0. The van der Waals surface area contributed by atoms with Gasteiger partial charge >= 0.3 is 0 Å². The first-order valence-corrected chi connectivity index (χ1v) is 17.2. The van der Waals surface area contributed by atoms with Gasteiger partial charge in [0, 0.05) is 51.2 Å². The zero-order valence-electron chi connectivity index (χ0n) is 28.5. The molecular formula is C36H47N7O6. The van der Waals surface area contributed by atoms with Crippen LogP contribution in [0.15, 0.2) is 48.5 Å². The molecule has 2 aromatic carbocycles. The van der Waals surface area contributed by atoms with E-state index in [1.807, 2.05) is 42.5 Å². The van der Waals surface area contributed by atoms with Crippen LogP contribution < -0.4 is 21.3 Å². The predicted octanol–water partition coefficient (Wildman–Crippen LogP) is 1.72. The molecule has 5 amide bonds. The van der Waals surface area contributed by atoms with Gasteiger partial charge in [-0.1, -0.05) is 44.2 Å². The Morgan fingerprint density at radius 3 is 2.49 bits per heavy atom. The number of hydrogen-bond acceptors (Lipinski definition) is 7. The molecule has 0 unspecified atom stereocenters. The molecule has 4 N–H and O–H groups in total. The van der Waals surface area contributed by atoms with E-state index in [1.54, 1.807) is 13.0 Å². The van der Waals surface area contributed by atoms with Gasteiger partial charge < -0.3 is 35.5 Å². The highest BCUT2D eigenvalue weighted by Crippen LogP contribution is 2.21. The van der Waals surface area contributed by atoms with E-state index in [0.717, 1.165) is 35.3 Å². The number of benzene rings is 2. The minimum absolute atomic E-state index is 0.0588. The van der Waals surface area contributed by atoms with Gasteiger partial charge in [0.2, 0.25) is 17.7 Å². The Morgan fingerprint density at radius 2 is 1.76 bits per heavy atom. The van der Waals surface area contributed by atoms with Gasteiger partial charge in [0.15, 0.2) is 0 Å². The number of carbonyl (C=O) groups is 5. The Balaban J connectivity index is 1.42. The third kappa shape index (κ3) is 9.44. The Labute approximate surface area is 286 Å². The summed E-state index contributed by atoms with van der Waals surface area (Å²) < 4.78 is 7.72. The summed E-state index contributed by atoms with van der Waals surface area (Å²) in [6.07, 6.45) is 2.12. The summed E-state index contributed by atoms with van der Waals surface area (Å²) in [6.45, 7) is 7.04. The second-order valence-electron chi connectivity index (χ2n) is 13.2. The van der Waals surface area contributed by atoms with E-state index in [1.165, 1.54) is 4.90 Å². The fourth-order valence-electron chi connectivity index (χ4n) is 6.19. The van der Waals surface area contributed by atoms with Gasteiger partial charge in [-0.3, -0.25) is 24.0 Å². The zero-order valence-corrected chi connectivity index (χ0v) is 28.5. The van der Waals surface area contributed by atoms with Crippen molar-refractivity contribution >= 4 is 40.6 Å². The lowest BCUT2D eigenvalue weighted by atomic mass is 10.0. The summed E-state index contributed by atoms with van der Waals surface area (Å²) in [5.41, 5.74) is 2.85. The minimum atomic E-state index is -1.01. The molecule has 5 rings (SSSR count). The van der Waals surface area contributed by atoms with Gasteiger partial charge in [-0.25, -0.2) is 4.98 Å². The highest BCUT2D eigenvalue weighted by molar-refractivity contribution is 5.97. The molecule has 3 aromatic rings. The maximum absolute atomic E-state index is 13.5. The largest absolute Gasteiger partial charge is 0.368 e. The first kappa shape index (κ1) is 35.5. The van der Waals surface area contributed by atoms with Gasteiger partial charge in [0.25, 0.3) is 11.8 Å². The van der Waals surface area contributed by atoms with Crippen molar-refractivity contribution in [2.24, 2.45) is 5.92 Å². The maximum Gasteiger partial charge on any atom is 0.252 e. The van der Waals surface area contributed by atoms with Crippen LogP contribution in [0.4, 0.5) is 0 Å². The van der Waals surface area contributed by atoms with Crippen molar-refractivity contribution < 1.29 is 28.7 Å². The number of imidazole rings is 1. The van der Waals surface area contributed by atoms with Crippen LogP contribution in [0.2, 0.25) is 0 Å². The van der Waals surface area contributed by atoms with Crippen molar-refractivity contribution in [3.05, 3.63) is 65.5 Å². The molecule has 0 aliphatic carbocycles. The van der Waals surface area contributed by atoms with Gasteiger partial charge in [-0.05, 0) is 55.9 Å². The number of aromatic nitrogens is 2. The predicted molar refractivity (Wildman–Crippen MR) is 183 cm³/mol. The second kappa shape index (κ2) is 16.6. The summed E-state index contributed by atoms with van der Waals surface area (Å²) in [5, 5.41) is 11.3. The average Bonchev–Trinajstić information content (AvgIpc) is 3.73. The number of aryl methyl sites for hydroxylation is 1. The molecule has 1 fully saturated rings. The lowest BCUT2D eigenvalue weighted by Crippen LogP contribution is -2.55. The molecule has 13 nitrogen and oxygen atoms in total. The molecule has 2 aliphatic rings. The summed E-state index contributed by atoms with van der Waals surface area (Å²) in [7, 11) is 0.